The Morgan fingerprint density at radius 3 is 2.43 bits per heavy atom. The van der Waals surface area contributed by atoms with Crippen LogP contribution in [0.3, 0.4) is 0 Å². The predicted octanol–water partition coefficient (Wildman–Crippen LogP) is 2.58. The molecule has 1 aliphatic carbocycles. The van der Waals surface area contributed by atoms with Gasteiger partial charge in [0, 0.05) is 48.5 Å². The normalized spacial score (nSPS) is 19.1. The van der Waals surface area contributed by atoms with Gasteiger partial charge in [0.15, 0.2) is 0 Å². The van der Waals surface area contributed by atoms with Gasteiger partial charge in [0.1, 0.15) is 18.0 Å². The summed E-state index contributed by atoms with van der Waals surface area (Å²) >= 11 is 1.51. The van der Waals surface area contributed by atoms with Crippen LogP contribution in [0, 0.1) is 13.8 Å². The van der Waals surface area contributed by atoms with Crippen molar-refractivity contribution < 1.29 is 0 Å². The van der Waals surface area contributed by atoms with Crippen molar-refractivity contribution in [3.8, 4) is 0 Å². The zero-order valence-corrected chi connectivity index (χ0v) is 14.5. The molecule has 122 valence electrons. The minimum Gasteiger partial charge on any atom is -0.350 e. The van der Waals surface area contributed by atoms with E-state index in [-0.39, 0.29) is 0 Å². The van der Waals surface area contributed by atoms with Crippen LogP contribution in [-0.2, 0) is 0 Å². The monoisotopic (exact) mass is 330 g/mol. The average molecular weight is 330 g/mol. The van der Waals surface area contributed by atoms with Crippen molar-refractivity contribution in [2.45, 2.75) is 51.6 Å². The van der Waals surface area contributed by atoms with E-state index in [4.69, 9.17) is 0 Å². The molecule has 2 fully saturated rings. The zero-order chi connectivity index (χ0) is 15.8. The van der Waals surface area contributed by atoms with Crippen LogP contribution in [0.5, 0.6) is 0 Å². The first kappa shape index (κ1) is 14.8. The first-order valence-electron chi connectivity index (χ1n) is 8.33. The van der Waals surface area contributed by atoms with Crippen LogP contribution >= 0.6 is 11.5 Å². The third-order valence-electron chi connectivity index (χ3n) is 4.64. The Hall–Kier alpha value is -1.76. The Bertz CT molecular complexity index is 675. The molecule has 23 heavy (non-hydrogen) atoms. The third kappa shape index (κ3) is 3.15. The lowest BCUT2D eigenvalue weighted by molar-refractivity contribution is 0.458. The standard InChI is InChI=1S/C16H22N6S/c1-11-9-15(18-10-17-11)22(13-3-4-13)14-5-7-21(8-6-14)16-19-12(2)20-23-16/h9-10,13-14H,3-8H2,1-2H3. The highest BCUT2D eigenvalue weighted by Gasteiger charge is 2.36. The van der Waals surface area contributed by atoms with Crippen LogP contribution in [0.1, 0.15) is 37.2 Å². The Kier molecular flexibility index (Phi) is 3.88. The zero-order valence-electron chi connectivity index (χ0n) is 13.6. The van der Waals surface area contributed by atoms with Gasteiger partial charge in [-0.15, -0.1) is 0 Å². The van der Waals surface area contributed by atoms with Crippen molar-refractivity contribution in [1.29, 1.82) is 0 Å². The van der Waals surface area contributed by atoms with E-state index < -0.39 is 0 Å². The lowest BCUT2D eigenvalue weighted by Crippen LogP contribution is -2.46. The van der Waals surface area contributed by atoms with E-state index in [0.717, 1.165) is 48.4 Å². The van der Waals surface area contributed by atoms with Crippen molar-refractivity contribution in [3.05, 3.63) is 23.9 Å². The molecule has 2 aliphatic rings. The molecular weight excluding hydrogens is 308 g/mol. The van der Waals surface area contributed by atoms with Gasteiger partial charge < -0.3 is 9.80 Å². The molecule has 0 atom stereocenters. The fourth-order valence-corrected chi connectivity index (χ4v) is 4.08. The fraction of sp³-hybridized carbons (Fsp3) is 0.625. The van der Waals surface area contributed by atoms with Gasteiger partial charge in [-0.1, -0.05) is 0 Å². The first-order chi connectivity index (χ1) is 11.2. The van der Waals surface area contributed by atoms with E-state index >= 15 is 0 Å². The molecule has 1 saturated heterocycles. The summed E-state index contributed by atoms with van der Waals surface area (Å²) in [5.74, 6) is 1.98. The molecule has 7 heteroatoms. The van der Waals surface area contributed by atoms with E-state index in [2.05, 4.69) is 35.2 Å². The average Bonchev–Trinajstić information content (AvgIpc) is 3.28. The molecule has 3 heterocycles. The molecule has 1 aliphatic heterocycles. The minimum atomic E-state index is 0.571. The minimum absolute atomic E-state index is 0.571. The lowest BCUT2D eigenvalue weighted by atomic mass is 10.0. The van der Waals surface area contributed by atoms with Crippen LogP contribution in [0.25, 0.3) is 0 Å². The first-order valence-corrected chi connectivity index (χ1v) is 9.10. The topological polar surface area (TPSA) is 58.0 Å². The molecule has 0 amide bonds. The highest BCUT2D eigenvalue weighted by Crippen LogP contribution is 2.36. The summed E-state index contributed by atoms with van der Waals surface area (Å²) in [6.07, 6.45) is 6.58. The summed E-state index contributed by atoms with van der Waals surface area (Å²) in [5.41, 5.74) is 1.04. The number of aromatic nitrogens is 4. The lowest BCUT2D eigenvalue weighted by Gasteiger charge is -2.39. The SMILES string of the molecule is Cc1cc(N(C2CC2)C2CCN(c3nc(C)ns3)CC2)ncn1. The molecule has 2 aromatic rings. The number of anilines is 2. The summed E-state index contributed by atoms with van der Waals surface area (Å²) in [6, 6.07) is 3.37. The number of hydrogen-bond acceptors (Lipinski definition) is 7. The molecule has 6 nitrogen and oxygen atoms in total. The fourth-order valence-electron chi connectivity index (χ4n) is 3.36. The maximum Gasteiger partial charge on any atom is 0.205 e. The molecule has 0 radical (unpaired) electrons. The molecule has 0 N–H and O–H groups in total. The maximum atomic E-state index is 4.54. The quantitative estimate of drug-likeness (QED) is 0.859. The van der Waals surface area contributed by atoms with E-state index in [1.807, 2.05) is 13.8 Å². The van der Waals surface area contributed by atoms with E-state index in [9.17, 15) is 0 Å². The van der Waals surface area contributed by atoms with E-state index in [1.165, 1.54) is 24.4 Å². The van der Waals surface area contributed by atoms with Crippen molar-refractivity contribution in [2.75, 3.05) is 22.9 Å². The van der Waals surface area contributed by atoms with Crippen LogP contribution in [0.2, 0.25) is 0 Å². The number of rotatable bonds is 4. The summed E-state index contributed by atoms with van der Waals surface area (Å²) < 4.78 is 4.30. The Labute approximate surface area is 140 Å². The molecule has 0 spiro atoms. The van der Waals surface area contributed by atoms with E-state index in [1.54, 1.807) is 6.33 Å². The van der Waals surface area contributed by atoms with Gasteiger partial charge in [-0.25, -0.2) is 15.0 Å². The molecule has 0 bridgehead atoms. The summed E-state index contributed by atoms with van der Waals surface area (Å²) in [7, 11) is 0. The smallest absolute Gasteiger partial charge is 0.205 e. The number of hydrogen-bond donors (Lipinski definition) is 0. The van der Waals surface area contributed by atoms with Crippen molar-refractivity contribution in [2.24, 2.45) is 0 Å². The summed E-state index contributed by atoms with van der Waals surface area (Å²) in [5, 5.41) is 1.07. The number of nitrogens with zero attached hydrogens (tertiary/aromatic N) is 6. The third-order valence-corrected chi connectivity index (χ3v) is 5.51. The van der Waals surface area contributed by atoms with Gasteiger partial charge in [-0.2, -0.15) is 4.37 Å². The van der Waals surface area contributed by atoms with Gasteiger partial charge in [0.25, 0.3) is 0 Å². The van der Waals surface area contributed by atoms with Crippen molar-refractivity contribution >= 4 is 22.5 Å². The van der Waals surface area contributed by atoms with Crippen LogP contribution in [0.15, 0.2) is 12.4 Å². The van der Waals surface area contributed by atoms with Gasteiger partial charge in [-0.3, -0.25) is 0 Å². The van der Waals surface area contributed by atoms with Crippen molar-refractivity contribution in [1.82, 2.24) is 19.3 Å². The van der Waals surface area contributed by atoms with Gasteiger partial charge in [0.2, 0.25) is 5.13 Å². The Morgan fingerprint density at radius 1 is 1.09 bits per heavy atom. The second-order valence-electron chi connectivity index (χ2n) is 6.50. The number of piperidine rings is 1. The largest absolute Gasteiger partial charge is 0.350 e. The second-order valence-corrected chi connectivity index (χ2v) is 7.23. The van der Waals surface area contributed by atoms with Crippen LogP contribution in [0.4, 0.5) is 10.9 Å². The highest BCUT2D eigenvalue weighted by molar-refractivity contribution is 7.09. The van der Waals surface area contributed by atoms with Crippen molar-refractivity contribution in [3.63, 3.8) is 0 Å². The van der Waals surface area contributed by atoms with Gasteiger partial charge >= 0.3 is 0 Å². The van der Waals surface area contributed by atoms with Crippen LogP contribution < -0.4 is 9.80 Å². The molecular formula is C16H22N6S. The maximum absolute atomic E-state index is 4.54. The molecule has 0 aromatic carbocycles. The Morgan fingerprint density at radius 2 is 1.83 bits per heavy atom. The van der Waals surface area contributed by atoms with Crippen LogP contribution in [-0.4, -0.2) is 44.5 Å². The Balaban J connectivity index is 1.47. The summed E-state index contributed by atoms with van der Waals surface area (Å²) in [4.78, 5) is 18.2. The number of aryl methyl sites for hydroxylation is 2. The second kappa shape index (κ2) is 6.03. The summed E-state index contributed by atoms with van der Waals surface area (Å²) in [6.45, 7) is 6.09. The molecule has 4 rings (SSSR count). The molecule has 1 saturated carbocycles. The van der Waals surface area contributed by atoms with E-state index in [0.29, 0.717) is 12.1 Å². The predicted molar refractivity (Wildman–Crippen MR) is 92.2 cm³/mol. The molecule has 2 aromatic heterocycles. The molecule has 0 unspecified atom stereocenters. The highest BCUT2D eigenvalue weighted by atomic mass is 32.1. The van der Waals surface area contributed by atoms with Gasteiger partial charge in [-0.05, 0) is 39.5 Å². The van der Waals surface area contributed by atoms with Gasteiger partial charge in [0.05, 0.1) is 0 Å².